The summed E-state index contributed by atoms with van der Waals surface area (Å²) in [5.74, 6) is -1.86. The highest BCUT2D eigenvalue weighted by Crippen LogP contribution is 2.25. The van der Waals surface area contributed by atoms with Crippen LogP contribution >= 0.6 is 11.6 Å². The first kappa shape index (κ1) is 18.0. The average molecular weight is 346 g/mol. The van der Waals surface area contributed by atoms with E-state index in [1.54, 1.807) is 12.1 Å². The molecule has 1 atom stereocenters. The summed E-state index contributed by atoms with van der Waals surface area (Å²) in [6.07, 6.45) is 0. The molecular weight excluding hydrogens is 326 g/mol. The molecule has 0 saturated carbocycles. The second-order valence-corrected chi connectivity index (χ2v) is 6.16. The second-order valence-electron chi connectivity index (χ2n) is 5.72. The van der Waals surface area contributed by atoms with Crippen LogP contribution in [0.5, 0.6) is 0 Å². The number of rotatable bonds is 5. The van der Waals surface area contributed by atoms with Crippen molar-refractivity contribution in [3.8, 4) is 0 Å². The van der Waals surface area contributed by atoms with Gasteiger partial charge >= 0.3 is 5.97 Å². The number of nitrogens with one attached hydrogen (secondary N) is 1. The van der Waals surface area contributed by atoms with Gasteiger partial charge in [0.1, 0.15) is 12.5 Å². The Morgan fingerprint density at radius 1 is 1.12 bits per heavy atom. The van der Waals surface area contributed by atoms with Crippen molar-refractivity contribution < 1.29 is 14.3 Å². The Labute approximate surface area is 146 Å². The van der Waals surface area contributed by atoms with Crippen LogP contribution in [0.4, 0.5) is 5.69 Å². The largest absolute Gasteiger partial charge is 0.460 e. The minimum atomic E-state index is -0.900. The molecule has 2 aromatic carbocycles. The van der Waals surface area contributed by atoms with Gasteiger partial charge in [-0.1, -0.05) is 41.9 Å². The molecule has 0 aromatic heterocycles. The van der Waals surface area contributed by atoms with E-state index in [0.717, 1.165) is 16.7 Å². The molecule has 0 spiro atoms. The van der Waals surface area contributed by atoms with E-state index in [9.17, 15) is 9.59 Å². The van der Waals surface area contributed by atoms with Gasteiger partial charge < -0.3 is 10.1 Å². The summed E-state index contributed by atoms with van der Waals surface area (Å²) >= 11 is 5.98. The molecule has 0 radical (unpaired) electrons. The van der Waals surface area contributed by atoms with Gasteiger partial charge in [0.15, 0.2) is 0 Å². The summed E-state index contributed by atoms with van der Waals surface area (Å²) in [4.78, 5) is 24.4. The molecule has 4 nitrogen and oxygen atoms in total. The fraction of sp³-hybridized carbons (Fsp3) is 0.263. The zero-order valence-electron chi connectivity index (χ0n) is 13.9. The van der Waals surface area contributed by atoms with Crippen molar-refractivity contribution in [3.05, 3.63) is 64.2 Å². The van der Waals surface area contributed by atoms with Crippen LogP contribution < -0.4 is 5.32 Å². The summed E-state index contributed by atoms with van der Waals surface area (Å²) in [7, 11) is 0. The first-order chi connectivity index (χ1) is 11.4. The molecule has 0 fully saturated rings. The van der Waals surface area contributed by atoms with Crippen molar-refractivity contribution >= 4 is 29.2 Å². The maximum atomic E-state index is 12.3. The number of amides is 1. The summed E-state index contributed by atoms with van der Waals surface area (Å²) in [5.41, 5.74) is 3.24. The summed E-state index contributed by atoms with van der Waals surface area (Å²) < 4.78 is 5.21. The van der Waals surface area contributed by atoms with Gasteiger partial charge in [0.2, 0.25) is 5.91 Å². The van der Waals surface area contributed by atoms with Crippen molar-refractivity contribution in [1.82, 2.24) is 0 Å². The predicted molar refractivity (Wildman–Crippen MR) is 95.0 cm³/mol. The minimum Gasteiger partial charge on any atom is -0.460 e. The molecule has 2 rings (SSSR count). The predicted octanol–water partition coefficient (Wildman–Crippen LogP) is 4.27. The number of halogens is 1. The number of anilines is 1. The summed E-state index contributed by atoms with van der Waals surface area (Å²) in [6.45, 7) is 5.39. The molecule has 2 aromatic rings. The molecule has 24 heavy (non-hydrogen) atoms. The molecule has 126 valence electrons. The lowest BCUT2D eigenvalue weighted by molar-refractivity contribution is -0.151. The van der Waals surface area contributed by atoms with Gasteiger partial charge in [0, 0.05) is 10.7 Å². The third-order valence-corrected chi connectivity index (χ3v) is 3.93. The van der Waals surface area contributed by atoms with E-state index in [4.69, 9.17) is 16.3 Å². The van der Waals surface area contributed by atoms with Crippen LogP contribution in [0, 0.1) is 19.8 Å². The van der Waals surface area contributed by atoms with Crippen LogP contribution in [0.1, 0.15) is 23.6 Å². The Morgan fingerprint density at radius 3 is 2.29 bits per heavy atom. The number of carbonyl (C=O) groups excluding carboxylic acids is 2. The molecule has 0 aliphatic carbocycles. The van der Waals surface area contributed by atoms with Crippen LogP contribution in [0.3, 0.4) is 0 Å². The van der Waals surface area contributed by atoms with E-state index >= 15 is 0 Å². The summed E-state index contributed by atoms with van der Waals surface area (Å²) in [6, 6.07) is 12.9. The monoisotopic (exact) mass is 345 g/mol. The van der Waals surface area contributed by atoms with Crippen molar-refractivity contribution in [1.29, 1.82) is 0 Å². The first-order valence-corrected chi connectivity index (χ1v) is 8.04. The first-order valence-electron chi connectivity index (χ1n) is 7.66. The standard InChI is InChI=1S/C19H20ClNO3/c1-12-9-16(20)10-13(2)17(12)21-18(22)14(3)19(23)24-11-15-7-5-4-6-8-15/h4-10,14H,11H2,1-3H3,(H,21,22). The van der Waals surface area contributed by atoms with Gasteiger partial charge in [-0.25, -0.2) is 0 Å². The number of hydrogen-bond donors (Lipinski definition) is 1. The van der Waals surface area contributed by atoms with E-state index < -0.39 is 17.8 Å². The molecule has 0 aliphatic rings. The smallest absolute Gasteiger partial charge is 0.318 e. The molecule has 0 saturated heterocycles. The zero-order valence-corrected chi connectivity index (χ0v) is 14.7. The molecule has 1 N–H and O–H groups in total. The van der Waals surface area contributed by atoms with Crippen molar-refractivity contribution in [2.75, 3.05) is 5.32 Å². The van der Waals surface area contributed by atoms with Gasteiger partial charge in [-0.15, -0.1) is 0 Å². The molecule has 0 bridgehead atoms. The molecular formula is C19H20ClNO3. The van der Waals surface area contributed by atoms with Gasteiger partial charge in [-0.2, -0.15) is 0 Å². The molecule has 5 heteroatoms. The Morgan fingerprint density at radius 2 is 1.71 bits per heavy atom. The number of carbonyl (C=O) groups is 2. The van der Waals surface area contributed by atoms with Crippen molar-refractivity contribution in [2.24, 2.45) is 5.92 Å². The Kier molecular flexibility index (Phi) is 5.99. The fourth-order valence-corrected chi connectivity index (χ4v) is 2.63. The van der Waals surface area contributed by atoms with Crippen LogP contribution in [0.2, 0.25) is 5.02 Å². The Bertz CT molecular complexity index is 721. The molecule has 0 heterocycles. The molecule has 1 unspecified atom stereocenters. The van der Waals surface area contributed by atoms with Crippen molar-refractivity contribution in [3.63, 3.8) is 0 Å². The highest BCUT2D eigenvalue weighted by Gasteiger charge is 2.24. The van der Waals surface area contributed by atoms with Gasteiger partial charge in [-0.3, -0.25) is 9.59 Å². The van der Waals surface area contributed by atoms with Crippen LogP contribution in [-0.2, 0) is 20.9 Å². The number of ether oxygens (including phenoxy) is 1. The van der Waals surface area contributed by atoms with E-state index in [1.165, 1.54) is 6.92 Å². The van der Waals surface area contributed by atoms with E-state index in [1.807, 2.05) is 44.2 Å². The van der Waals surface area contributed by atoms with Gasteiger partial charge in [0.25, 0.3) is 0 Å². The van der Waals surface area contributed by atoms with E-state index in [2.05, 4.69) is 5.32 Å². The summed E-state index contributed by atoms with van der Waals surface area (Å²) in [5, 5.41) is 3.40. The topological polar surface area (TPSA) is 55.4 Å². The Hall–Kier alpha value is -2.33. The Balaban J connectivity index is 1.98. The zero-order chi connectivity index (χ0) is 17.7. The number of benzene rings is 2. The highest BCUT2D eigenvalue weighted by molar-refractivity contribution is 6.30. The van der Waals surface area contributed by atoms with Gasteiger partial charge in [0.05, 0.1) is 0 Å². The lowest BCUT2D eigenvalue weighted by Crippen LogP contribution is -2.29. The van der Waals surface area contributed by atoms with Crippen LogP contribution in [-0.4, -0.2) is 11.9 Å². The number of hydrogen-bond acceptors (Lipinski definition) is 3. The highest BCUT2D eigenvalue weighted by atomic mass is 35.5. The van der Waals surface area contributed by atoms with E-state index in [-0.39, 0.29) is 6.61 Å². The van der Waals surface area contributed by atoms with Gasteiger partial charge in [-0.05, 0) is 49.6 Å². The maximum absolute atomic E-state index is 12.3. The maximum Gasteiger partial charge on any atom is 0.318 e. The minimum absolute atomic E-state index is 0.149. The normalized spacial score (nSPS) is 11.7. The number of esters is 1. The van der Waals surface area contributed by atoms with Crippen LogP contribution in [0.25, 0.3) is 0 Å². The molecule has 1 amide bonds. The number of aryl methyl sites for hydroxylation is 2. The SMILES string of the molecule is Cc1cc(Cl)cc(C)c1NC(=O)C(C)C(=O)OCc1ccccc1. The van der Waals surface area contributed by atoms with E-state index in [0.29, 0.717) is 10.7 Å². The third kappa shape index (κ3) is 4.59. The quantitative estimate of drug-likeness (QED) is 0.650. The second kappa shape index (κ2) is 7.97. The third-order valence-electron chi connectivity index (χ3n) is 3.72. The van der Waals surface area contributed by atoms with Crippen molar-refractivity contribution in [2.45, 2.75) is 27.4 Å². The fourth-order valence-electron chi connectivity index (χ4n) is 2.30. The lowest BCUT2D eigenvalue weighted by Gasteiger charge is -2.15. The average Bonchev–Trinajstić information content (AvgIpc) is 2.56. The lowest BCUT2D eigenvalue weighted by atomic mass is 10.1. The molecule has 0 aliphatic heterocycles. The van der Waals surface area contributed by atoms with Crippen LogP contribution in [0.15, 0.2) is 42.5 Å².